The Morgan fingerprint density at radius 1 is 1.04 bits per heavy atom. The van der Waals surface area contributed by atoms with Crippen LogP contribution in [-0.4, -0.2) is 18.4 Å². The number of rotatable bonds is 5. The first-order chi connectivity index (χ1) is 12.0. The lowest BCUT2D eigenvalue weighted by atomic mass is 10.0. The molecule has 4 heteroatoms. The average Bonchev–Trinajstić information content (AvgIpc) is 3.39. The zero-order chi connectivity index (χ0) is 18.0. The number of aryl methyl sites for hydroxylation is 2. The fraction of sp³-hybridized carbons (Fsp3) is 0.333. The summed E-state index contributed by atoms with van der Waals surface area (Å²) in [7, 11) is 0. The van der Waals surface area contributed by atoms with E-state index in [2.05, 4.69) is 5.32 Å². The summed E-state index contributed by atoms with van der Waals surface area (Å²) in [4.78, 5) is 27.6. The normalized spacial score (nSPS) is 14.7. The van der Waals surface area contributed by atoms with E-state index < -0.39 is 5.41 Å². The highest BCUT2D eigenvalue weighted by Gasteiger charge is 2.58. The smallest absolute Gasteiger partial charge is 0.242 e. The summed E-state index contributed by atoms with van der Waals surface area (Å²) in [5, 5.41) is 2.91. The third kappa shape index (κ3) is 3.43. The van der Waals surface area contributed by atoms with Crippen LogP contribution in [-0.2, 0) is 9.59 Å². The minimum absolute atomic E-state index is 0.106. The average molecular weight is 336 g/mol. The van der Waals surface area contributed by atoms with E-state index in [0.717, 1.165) is 22.5 Å². The van der Waals surface area contributed by atoms with Crippen molar-refractivity contribution in [2.75, 3.05) is 16.8 Å². The van der Waals surface area contributed by atoms with E-state index in [9.17, 15) is 9.59 Å². The zero-order valence-electron chi connectivity index (χ0n) is 15.0. The van der Waals surface area contributed by atoms with Crippen molar-refractivity contribution in [2.45, 2.75) is 33.6 Å². The summed E-state index contributed by atoms with van der Waals surface area (Å²) in [5.41, 5.74) is 2.88. The van der Waals surface area contributed by atoms with Crippen LogP contribution in [0.4, 0.5) is 11.4 Å². The number of benzene rings is 2. The highest BCUT2D eigenvalue weighted by molar-refractivity contribution is 6.17. The predicted molar refractivity (Wildman–Crippen MR) is 101 cm³/mol. The van der Waals surface area contributed by atoms with Crippen LogP contribution in [0.1, 0.15) is 30.9 Å². The van der Waals surface area contributed by atoms with Crippen molar-refractivity contribution < 1.29 is 9.59 Å². The molecule has 1 N–H and O–H groups in total. The Morgan fingerprint density at radius 3 is 2.28 bits per heavy atom. The van der Waals surface area contributed by atoms with Crippen molar-refractivity contribution in [1.82, 2.24) is 0 Å². The van der Waals surface area contributed by atoms with Gasteiger partial charge in [-0.3, -0.25) is 9.59 Å². The second kappa shape index (κ2) is 6.71. The molecule has 25 heavy (non-hydrogen) atoms. The summed E-state index contributed by atoms with van der Waals surface area (Å²) in [6.07, 6.45) is 1.21. The van der Waals surface area contributed by atoms with Gasteiger partial charge in [0.1, 0.15) is 5.41 Å². The molecule has 1 aliphatic carbocycles. The van der Waals surface area contributed by atoms with E-state index in [-0.39, 0.29) is 11.8 Å². The third-order valence-electron chi connectivity index (χ3n) is 4.78. The topological polar surface area (TPSA) is 49.4 Å². The van der Waals surface area contributed by atoms with Crippen LogP contribution < -0.4 is 10.2 Å². The summed E-state index contributed by atoms with van der Waals surface area (Å²) >= 11 is 0. The molecule has 0 heterocycles. The molecule has 0 unspecified atom stereocenters. The van der Waals surface area contributed by atoms with Crippen LogP contribution in [0.3, 0.4) is 0 Å². The van der Waals surface area contributed by atoms with Crippen molar-refractivity contribution >= 4 is 23.2 Å². The maximum Gasteiger partial charge on any atom is 0.242 e. The minimum atomic E-state index is -0.926. The van der Waals surface area contributed by atoms with Gasteiger partial charge in [0.15, 0.2) is 0 Å². The van der Waals surface area contributed by atoms with Gasteiger partial charge < -0.3 is 10.2 Å². The molecular formula is C21H24N2O2. The van der Waals surface area contributed by atoms with Gasteiger partial charge in [0.2, 0.25) is 11.8 Å². The van der Waals surface area contributed by atoms with Crippen molar-refractivity contribution in [2.24, 2.45) is 5.41 Å². The van der Waals surface area contributed by atoms with Crippen LogP contribution in [0, 0.1) is 19.3 Å². The maximum atomic E-state index is 13.1. The number of hydrogen-bond donors (Lipinski definition) is 1. The molecule has 0 aliphatic heterocycles. The molecule has 0 radical (unpaired) electrons. The lowest BCUT2D eigenvalue weighted by Crippen LogP contribution is -2.43. The van der Waals surface area contributed by atoms with Gasteiger partial charge in [-0.15, -0.1) is 0 Å². The SMILES string of the molecule is CCN(C(=O)C1(C(=O)Nc2ccc(C)cc2)CC1)c1cccc(C)c1. The first-order valence-electron chi connectivity index (χ1n) is 8.73. The fourth-order valence-corrected chi connectivity index (χ4v) is 3.05. The van der Waals surface area contributed by atoms with E-state index in [1.54, 1.807) is 4.90 Å². The van der Waals surface area contributed by atoms with Gasteiger partial charge in [0, 0.05) is 17.9 Å². The molecule has 0 bridgehead atoms. The van der Waals surface area contributed by atoms with E-state index >= 15 is 0 Å². The zero-order valence-corrected chi connectivity index (χ0v) is 15.0. The monoisotopic (exact) mass is 336 g/mol. The Balaban J connectivity index is 1.79. The summed E-state index contributed by atoms with van der Waals surface area (Å²) in [6, 6.07) is 15.5. The van der Waals surface area contributed by atoms with Gasteiger partial charge in [-0.2, -0.15) is 0 Å². The molecule has 2 amide bonds. The fourth-order valence-electron chi connectivity index (χ4n) is 3.05. The molecule has 0 spiro atoms. The second-order valence-electron chi connectivity index (χ2n) is 6.79. The Kier molecular flexibility index (Phi) is 4.62. The van der Waals surface area contributed by atoms with E-state index in [1.807, 2.05) is 69.3 Å². The van der Waals surface area contributed by atoms with Crippen LogP contribution in [0.25, 0.3) is 0 Å². The molecule has 130 valence electrons. The highest BCUT2D eigenvalue weighted by atomic mass is 16.2. The van der Waals surface area contributed by atoms with Gasteiger partial charge in [-0.05, 0) is 63.4 Å². The van der Waals surface area contributed by atoms with E-state index in [1.165, 1.54) is 0 Å². The quantitative estimate of drug-likeness (QED) is 0.837. The molecule has 2 aromatic carbocycles. The maximum absolute atomic E-state index is 13.1. The number of hydrogen-bond acceptors (Lipinski definition) is 2. The van der Waals surface area contributed by atoms with E-state index in [0.29, 0.717) is 19.4 Å². The van der Waals surface area contributed by atoms with Gasteiger partial charge in [-0.25, -0.2) is 0 Å². The Morgan fingerprint density at radius 2 is 1.72 bits per heavy atom. The first-order valence-corrected chi connectivity index (χ1v) is 8.73. The predicted octanol–water partition coefficient (Wildman–Crippen LogP) is 4.08. The molecular weight excluding hydrogens is 312 g/mol. The molecule has 4 nitrogen and oxygen atoms in total. The standard InChI is InChI=1S/C21H24N2O2/c1-4-23(18-7-5-6-16(3)14-18)20(25)21(12-13-21)19(24)22-17-10-8-15(2)9-11-17/h5-11,14H,4,12-13H2,1-3H3,(H,22,24). The van der Waals surface area contributed by atoms with Gasteiger partial charge in [0.25, 0.3) is 0 Å². The molecule has 1 fully saturated rings. The summed E-state index contributed by atoms with van der Waals surface area (Å²) in [6.45, 7) is 6.48. The number of carbonyl (C=O) groups is 2. The Labute approximate surface area is 148 Å². The summed E-state index contributed by atoms with van der Waals surface area (Å²) < 4.78 is 0. The number of amides is 2. The van der Waals surface area contributed by atoms with Crippen LogP contribution in [0.2, 0.25) is 0 Å². The number of carbonyl (C=O) groups excluding carboxylic acids is 2. The van der Waals surface area contributed by atoms with Crippen LogP contribution in [0.5, 0.6) is 0 Å². The number of nitrogens with zero attached hydrogens (tertiary/aromatic N) is 1. The second-order valence-corrected chi connectivity index (χ2v) is 6.79. The molecule has 0 atom stereocenters. The lowest BCUT2D eigenvalue weighted by molar-refractivity contribution is -0.132. The minimum Gasteiger partial charge on any atom is -0.325 e. The Hall–Kier alpha value is -2.62. The molecule has 0 aromatic heterocycles. The molecule has 2 aromatic rings. The number of anilines is 2. The number of nitrogens with one attached hydrogen (secondary N) is 1. The highest BCUT2D eigenvalue weighted by Crippen LogP contribution is 2.48. The molecule has 3 rings (SSSR count). The van der Waals surface area contributed by atoms with Gasteiger partial charge >= 0.3 is 0 Å². The summed E-state index contributed by atoms with van der Waals surface area (Å²) in [5.74, 6) is -0.308. The molecule has 1 saturated carbocycles. The van der Waals surface area contributed by atoms with Crippen molar-refractivity contribution in [3.8, 4) is 0 Å². The molecule has 1 aliphatic rings. The van der Waals surface area contributed by atoms with Crippen molar-refractivity contribution in [1.29, 1.82) is 0 Å². The van der Waals surface area contributed by atoms with Crippen LogP contribution in [0.15, 0.2) is 48.5 Å². The third-order valence-corrected chi connectivity index (χ3v) is 4.78. The Bertz CT molecular complexity index is 792. The largest absolute Gasteiger partial charge is 0.325 e. The lowest BCUT2D eigenvalue weighted by Gasteiger charge is -2.26. The van der Waals surface area contributed by atoms with Gasteiger partial charge in [0.05, 0.1) is 0 Å². The van der Waals surface area contributed by atoms with Gasteiger partial charge in [-0.1, -0.05) is 29.8 Å². The first kappa shape index (κ1) is 17.2. The van der Waals surface area contributed by atoms with Crippen molar-refractivity contribution in [3.05, 3.63) is 59.7 Å². The molecule has 0 saturated heterocycles. The van der Waals surface area contributed by atoms with Crippen molar-refractivity contribution in [3.63, 3.8) is 0 Å². The van der Waals surface area contributed by atoms with Crippen LogP contribution >= 0.6 is 0 Å². The van der Waals surface area contributed by atoms with E-state index in [4.69, 9.17) is 0 Å².